The van der Waals surface area contributed by atoms with Gasteiger partial charge in [-0.3, -0.25) is 4.90 Å². The maximum absolute atomic E-state index is 6.12. The van der Waals surface area contributed by atoms with Crippen molar-refractivity contribution in [2.75, 3.05) is 18.8 Å². The Hall–Kier alpha value is -1.55. The largest absolute Gasteiger partial charge is 0.369 e. The molecule has 4 nitrogen and oxygen atoms in total. The number of likely N-dealkylation sites (N-methyl/N-ethyl adjacent to an activating group) is 1. The number of aryl methyl sites for hydroxylation is 1. The lowest BCUT2D eigenvalue weighted by molar-refractivity contribution is 0.246. The lowest BCUT2D eigenvalue weighted by Gasteiger charge is -2.23. The fourth-order valence-corrected chi connectivity index (χ4v) is 3.23. The van der Waals surface area contributed by atoms with E-state index in [1.54, 1.807) is 0 Å². The standard InChI is InChI=1S/C15H22N4/c1-3-18-9-5-7-12(18)10-19-13-8-4-6-11(2)14(13)17-15(19)16/h4,6,8,12H,3,5,7,9-10H2,1-2H3,(H2,16,17). The molecule has 19 heavy (non-hydrogen) atoms. The molecule has 1 aromatic carbocycles. The first-order valence-electron chi connectivity index (χ1n) is 7.16. The zero-order chi connectivity index (χ0) is 13.4. The third-order valence-corrected chi connectivity index (χ3v) is 4.31. The van der Waals surface area contributed by atoms with Crippen LogP contribution in [-0.4, -0.2) is 33.6 Å². The molecule has 2 N–H and O–H groups in total. The molecule has 2 heterocycles. The van der Waals surface area contributed by atoms with E-state index in [1.165, 1.54) is 30.5 Å². The van der Waals surface area contributed by atoms with E-state index in [-0.39, 0.29) is 0 Å². The molecule has 1 fully saturated rings. The third kappa shape index (κ3) is 2.10. The Morgan fingerprint density at radius 2 is 2.26 bits per heavy atom. The van der Waals surface area contributed by atoms with Gasteiger partial charge in [-0.25, -0.2) is 4.98 Å². The van der Waals surface area contributed by atoms with Gasteiger partial charge in [0.1, 0.15) is 0 Å². The maximum atomic E-state index is 6.12. The number of fused-ring (bicyclic) bond motifs is 1. The summed E-state index contributed by atoms with van der Waals surface area (Å²) in [6.45, 7) is 7.62. The molecule has 0 amide bonds. The quantitative estimate of drug-likeness (QED) is 0.919. The van der Waals surface area contributed by atoms with Gasteiger partial charge in [-0.15, -0.1) is 0 Å². The van der Waals surface area contributed by atoms with E-state index in [9.17, 15) is 0 Å². The highest BCUT2D eigenvalue weighted by atomic mass is 15.2. The van der Waals surface area contributed by atoms with Crippen molar-refractivity contribution in [3.63, 3.8) is 0 Å². The number of rotatable bonds is 3. The van der Waals surface area contributed by atoms with Gasteiger partial charge in [0.05, 0.1) is 11.0 Å². The summed E-state index contributed by atoms with van der Waals surface area (Å²) in [6.07, 6.45) is 2.56. The second kappa shape index (κ2) is 4.85. The summed E-state index contributed by atoms with van der Waals surface area (Å²) in [4.78, 5) is 7.07. The summed E-state index contributed by atoms with van der Waals surface area (Å²) in [5, 5.41) is 0. The van der Waals surface area contributed by atoms with Crippen molar-refractivity contribution in [1.29, 1.82) is 0 Å². The highest BCUT2D eigenvalue weighted by Crippen LogP contribution is 2.25. The van der Waals surface area contributed by atoms with Gasteiger partial charge in [0, 0.05) is 12.6 Å². The minimum absolute atomic E-state index is 0.602. The summed E-state index contributed by atoms with van der Waals surface area (Å²) in [6, 6.07) is 6.90. The number of hydrogen-bond acceptors (Lipinski definition) is 3. The van der Waals surface area contributed by atoms with Crippen LogP contribution < -0.4 is 5.73 Å². The molecular weight excluding hydrogens is 236 g/mol. The van der Waals surface area contributed by atoms with Gasteiger partial charge >= 0.3 is 0 Å². The van der Waals surface area contributed by atoms with Crippen molar-refractivity contribution >= 4 is 17.0 Å². The van der Waals surface area contributed by atoms with Gasteiger partial charge in [-0.2, -0.15) is 0 Å². The highest BCUT2D eigenvalue weighted by molar-refractivity contribution is 5.81. The van der Waals surface area contributed by atoms with E-state index in [0.717, 1.165) is 18.6 Å². The number of anilines is 1. The summed E-state index contributed by atoms with van der Waals surface area (Å²) < 4.78 is 2.18. The molecule has 1 unspecified atom stereocenters. The summed E-state index contributed by atoms with van der Waals surface area (Å²) in [7, 11) is 0. The van der Waals surface area contributed by atoms with Crippen LogP contribution in [0.2, 0.25) is 0 Å². The zero-order valence-electron chi connectivity index (χ0n) is 11.8. The van der Waals surface area contributed by atoms with Crippen LogP contribution >= 0.6 is 0 Å². The Morgan fingerprint density at radius 1 is 1.42 bits per heavy atom. The van der Waals surface area contributed by atoms with Gasteiger partial charge in [0.15, 0.2) is 0 Å². The molecule has 0 spiro atoms. The number of likely N-dealkylation sites (tertiary alicyclic amines) is 1. The minimum atomic E-state index is 0.602. The first-order chi connectivity index (χ1) is 9.20. The fraction of sp³-hybridized carbons (Fsp3) is 0.533. The summed E-state index contributed by atoms with van der Waals surface area (Å²) in [5.74, 6) is 0.646. The maximum Gasteiger partial charge on any atom is 0.201 e. The molecule has 1 aromatic heterocycles. The van der Waals surface area contributed by atoms with Gasteiger partial charge in [-0.1, -0.05) is 19.1 Å². The average molecular weight is 258 g/mol. The van der Waals surface area contributed by atoms with E-state index in [2.05, 4.69) is 46.5 Å². The first-order valence-corrected chi connectivity index (χ1v) is 7.16. The van der Waals surface area contributed by atoms with Crippen LogP contribution in [-0.2, 0) is 6.54 Å². The lowest BCUT2D eigenvalue weighted by Crippen LogP contribution is -2.32. The molecule has 1 aliphatic rings. The summed E-state index contributed by atoms with van der Waals surface area (Å²) in [5.41, 5.74) is 9.53. The topological polar surface area (TPSA) is 47.1 Å². The number of hydrogen-bond donors (Lipinski definition) is 1. The van der Waals surface area contributed by atoms with Crippen LogP contribution in [0.15, 0.2) is 18.2 Å². The van der Waals surface area contributed by atoms with E-state index >= 15 is 0 Å². The van der Waals surface area contributed by atoms with Crippen molar-refractivity contribution in [2.24, 2.45) is 0 Å². The fourth-order valence-electron chi connectivity index (χ4n) is 3.23. The van der Waals surface area contributed by atoms with E-state index in [1.807, 2.05) is 0 Å². The average Bonchev–Trinajstić information content (AvgIpc) is 2.97. The number of para-hydroxylation sites is 1. The third-order valence-electron chi connectivity index (χ3n) is 4.31. The zero-order valence-corrected chi connectivity index (χ0v) is 11.8. The molecule has 1 saturated heterocycles. The van der Waals surface area contributed by atoms with E-state index in [4.69, 9.17) is 5.73 Å². The monoisotopic (exact) mass is 258 g/mol. The Morgan fingerprint density at radius 3 is 3.05 bits per heavy atom. The molecule has 0 saturated carbocycles. The minimum Gasteiger partial charge on any atom is -0.369 e. The van der Waals surface area contributed by atoms with Crippen LogP contribution in [0.1, 0.15) is 25.3 Å². The Labute approximate surface area is 114 Å². The molecule has 3 rings (SSSR count). The van der Waals surface area contributed by atoms with Crippen molar-refractivity contribution in [3.05, 3.63) is 23.8 Å². The first kappa shape index (κ1) is 12.5. The molecule has 2 aromatic rings. The van der Waals surface area contributed by atoms with Crippen molar-refractivity contribution < 1.29 is 0 Å². The second-order valence-electron chi connectivity index (χ2n) is 5.45. The Bertz CT molecular complexity index is 587. The normalized spacial score (nSPS) is 20.4. The number of nitrogens with zero attached hydrogens (tertiary/aromatic N) is 3. The van der Waals surface area contributed by atoms with Crippen LogP contribution in [0.5, 0.6) is 0 Å². The number of imidazole rings is 1. The van der Waals surface area contributed by atoms with Crippen molar-refractivity contribution in [1.82, 2.24) is 14.5 Å². The molecular formula is C15H22N4. The smallest absolute Gasteiger partial charge is 0.201 e. The number of nitrogen functional groups attached to an aromatic ring is 1. The van der Waals surface area contributed by atoms with Crippen LogP contribution in [0, 0.1) is 6.92 Å². The summed E-state index contributed by atoms with van der Waals surface area (Å²) >= 11 is 0. The molecule has 102 valence electrons. The van der Waals surface area contributed by atoms with Gasteiger partial charge in [-0.05, 0) is 44.5 Å². The van der Waals surface area contributed by atoms with Gasteiger partial charge in [0.2, 0.25) is 5.95 Å². The van der Waals surface area contributed by atoms with Crippen LogP contribution in [0.3, 0.4) is 0 Å². The molecule has 0 radical (unpaired) electrons. The molecule has 0 bridgehead atoms. The van der Waals surface area contributed by atoms with Crippen molar-refractivity contribution in [2.45, 2.75) is 39.3 Å². The van der Waals surface area contributed by atoms with Gasteiger partial charge in [0.25, 0.3) is 0 Å². The molecule has 1 atom stereocenters. The predicted molar refractivity (Wildman–Crippen MR) is 79.2 cm³/mol. The van der Waals surface area contributed by atoms with Gasteiger partial charge < -0.3 is 10.3 Å². The Balaban J connectivity index is 1.96. The van der Waals surface area contributed by atoms with Crippen LogP contribution in [0.4, 0.5) is 5.95 Å². The SMILES string of the molecule is CCN1CCCC1Cn1c(N)nc2c(C)cccc21. The molecule has 0 aliphatic carbocycles. The van der Waals surface area contributed by atoms with Crippen molar-refractivity contribution in [3.8, 4) is 0 Å². The molecule has 4 heteroatoms. The number of aromatic nitrogens is 2. The second-order valence-corrected chi connectivity index (χ2v) is 5.45. The number of benzene rings is 1. The Kier molecular flexibility index (Phi) is 3.19. The predicted octanol–water partition coefficient (Wildman–Crippen LogP) is 2.41. The van der Waals surface area contributed by atoms with Crippen LogP contribution in [0.25, 0.3) is 11.0 Å². The highest BCUT2D eigenvalue weighted by Gasteiger charge is 2.24. The molecule has 1 aliphatic heterocycles. The number of nitrogens with two attached hydrogens (primary N) is 1. The van der Waals surface area contributed by atoms with E-state index in [0.29, 0.717) is 12.0 Å². The lowest BCUT2D eigenvalue weighted by atomic mass is 10.2. The van der Waals surface area contributed by atoms with E-state index < -0.39 is 0 Å².